The lowest BCUT2D eigenvalue weighted by atomic mass is 10.1. The second-order valence-corrected chi connectivity index (χ2v) is 10.4. The number of amides is 1. The molecule has 0 unspecified atom stereocenters. The maximum absolute atomic E-state index is 15.2. The number of hydrazone groups is 1. The zero-order valence-electron chi connectivity index (χ0n) is 23.0. The van der Waals surface area contributed by atoms with Gasteiger partial charge in [-0.15, -0.1) is 10.2 Å². The molecule has 1 N–H and O–H groups in total. The molecule has 0 spiro atoms. The number of hydrogen-bond acceptors (Lipinski definition) is 10. The third-order valence-corrected chi connectivity index (χ3v) is 7.65. The van der Waals surface area contributed by atoms with E-state index in [0.29, 0.717) is 42.2 Å². The highest BCUT2D eigenvalue weighted by atomic mass is 32.2. The van der Waals surface area contributed by atoms with E-state index in [0.717, 1.165) is 24.9 Å². The molecule has 214 valence electrons. The van der Waals surface area contributed by atoms with Crippen LogP contribution in [0.2, 0.25) is 0 Å². The molecule has 2 aromatic heterocycles. The van der Waals surface area contributed by atoms with Gasteiger partial charge in [-0.3, -0.25) is 9.59 Å². The summed E-state index contributed by atoms with van der Waals surface area (Å²) in [5.41, 5.74) is 4.04. The van der Waals surface area contributed by atoms with Crippen molar-refractivity contribution in [3.63, 3.8) is 0 Å². The highest BCUT2D eigenvalue weighted by Gasteiger charge is 2.22. The third kappa shape index (κ3) is 6.25. The number of pyridine rings is 1. The van der Waals surface area contributed by atoms with Crippen LogP contribution in [0.4, 0.5) is 10.1 Å². The number of likely N-dealkylation sites (N-methyl/N-ethyl adjacent to an activating group) is 1. The van der Waals surface area contributed by atoms with Crippen molar-refractivity contribution in [3.05, 3.63) is 64.2 Å². The van der Waals surface area contributed by atoms with E-state index < -0.39 is 11.2 Å². The van der Waals surface area contributed by atoms with Gasteiger partial charge in [0.15, 0.2) is 0 Å². The summed E-state index contributed by atoms with van der Waals surface area (Å²) < 4.78 is 28.1. The average molecular weight is 580 g/mol. The smallest absolute Gasteiger partial charge is 0.277 e. The van der Waals surface area contributed by atoms with Crippen LogP contribution in [0.15, 0.2) is 62.1 Å². The molecule has 0 atom stereocenters. The second kappa shape index (κ2) is 12.5. The molecule has 2 aromatic carbocycles. The summed E-state index contributed by atoms with van der Waals surface area (Å²) in [6.45, 7) is 5.59. The fourth-order valence-electron chi connectivity index (χ4n) is 4.59. The van der Waals surface area contributed by atoms with Gasteiger partial charge >= 0.3 is 0 Å². The quantitative estimate of drug-likeness (QED) is 0.181. The number of anilines is 1. The number of carbonyl (C=O) groups excluding carboxylic acids is 1. The number of nitrogens with one attached hydrogen (secondary N) is 1. The van der Waals surface area contributed by atoms with Crippen LogP contribution in [-0.4, -0.2) is 77.9 Å². The minimum absolute atomic E-state index is 0.000228. The van der Waals surface area contributed by atoms with Crippen LogP contribution in [0.1, 0.15) is 12.5 Å². The molecule has 3 heterocycles. The zero-order valence-corrected chi connectivity index (χ0v) is 23.8. The topological polar surface area (TPSA) is 118 Å². The maximum atomic E-state index is 15.2. The number of benzene rings is 2. The van der Waals surface area contributed by atoms with E-state index in [1.54, 1.807) is 25.4 Å². The molecule has 0 aliphatic carbocycles. The molecule has 1 fully saturated rings. The van der Waals surface area contributed by atoms with Crippen molar-refractivity contribution in [2.24, 2.45) is 5.10 Å². The number of thioether (sulfide) groups is 1. The Balaban J connectivity index is 1.30. The van der Waals surface area contributed by atoms with Gasteiger partial charge in [0.1, 0.15) is 17.1 Å². The summed E-state index contributed by atoms with van der Waals surface area (Å²) in [5, 5.41) is 12.3. The van der Waals surface area contributed by atoms with E-state index in [4.69, 9.17) is 9.15 Å². The number of ether oxygens (including phenoxy) is 1. The van der Waals surface area contributed by atoms with Gasteiger partial charge in [0.2, 0.25) is 5.43 Å². The number of carbonyl (C=O) groups is 1. The Bertz CT molecular complexity index is 1650. The number of hydrogen-bond donors (Lipinski definition) is 1. The van der Waals surface area contributed by atoms with Crippen molar-refractivity contribution < 1.29 is 18.3 Å². The number of aryl methyl sites for hydroxylation is 1. The van der Waals surface area contributed by atoms with Crippen LogP contribution < -0.4 is 20.5 Å². The molecule has 1 amide bonds. The fraction of sp³-hybridized carbons (Fsp3) is 0.321. The monoisotopic (exact) mass is 579 g/mol. The van der Waals surface area contributed by atoms with Gasteiger partial charge in [0.05, 0.1) is 30.3 Å². The van der Waals surface area contributed by atoms with Crippen molar-refractivity contribution in [1.29, 1.82) is 0 Å². The number of methoxy groups -OCH3 is 1. The molecule has 5 rings (SSSR count). The van der Waals surface area contributed by atoms with Crippen molar-refractivity contribution in [2.45, 2.75) is 18.7 Å². The van der Waals surface area contributed by atoms with E-state index in [1.807, 2.05) is 41.6 Å². The first-order valence-corrected chi connectivity index (χ1v) is 14.1. The number of para-hydroxylation sites is 1. The lowest BCUT2D eigenvalue weighted by Crippen LogP contribution is -2.44. The number of aromatic nitrogens is 3. The normalized spacial score (nSPS) is 14.2. The van der Waals surface area contributed by atoms with Crippen LogP contribution in [0.3, 0.4) is 0 Å². The molecule has 1 aliphatic rings. The highest BCUT2D eigenvalue weighted by Crippen LogP contribution is 2.28. The van der Waals surface area contributed by atoms with Crippen molar-refractivity contribution >= 4 is 40.5 Å². The predicted octanol–water partition coefficient (Wildman–Crippen LogP) is 3.21. The van der Waals surface area contributed by atoms with Gasteiger partial charge in [-0.2, -0.15) is 5.10 Å². The Hall–Kier alpha value is -4.23. The van der Waals surface area contributed by atoms with Crippen molar-refractivity contribution in [3.8, 4) is 17.2 Å². The minimum atomic E-state index is -0.444. The van der Waals surface area contributed by atoms with E-state index in [-0.39, 0.29) is 33.7 Å². The van der Waals surface area contributed by atoms with Crippen LogP contribution in [-0.2, 0) is 11.3 Å². The summed E-state index contributed by atoms with van der Waals surface area (Å²) in [4.78, 5) is 29.9. The summed E-state index contributed by atoms with van der Waals surface area (Å²) in [7, 11) is 3.60. The lowest BCUT2D eigenvalue weighted by molar-refractivity contribution is -0.118. The molecule has 13 heteroatoms. The SMILES string of the molecule is CCn1cc(-c2nnc(SCC(=O)N/N=C/c3ccccc3OC)o2)c(=O)c2cc(F)c(N3CCN(C)CC3)cc21. The number of nitrogens with zero attached hydrogens (tertiary/aromatic N) is 6. The number of fused-ring (bicyclic) bond motifs is 1. The largest absolute Gasteiger partial charge is 0.496 e. The van der Waals surface area contributed by atoms with Gasteiger partial charge in [-0.25, -0.2) is 9.82 Å². The van der Waals surface area contributed by atoms with Gasteiger partial charge in [-0.1, -0.05) is 23.9 Å². The third-order valence-electron chi connectivity index (χ3n) is 6.83. The van der Waals surface area contributed by atoms with Crippen LogP contribution in [0.5, 0.6) is 5.75 Å². The molecular formula is C28H30FN7O4S. The molecule has 4 aromatic rings. The predicted molar refractivity (Wildman–Crippen MR) is 156 cm³/mol. The second-order valence-electron chi connectivity index (χ2n) is 9.47. The summed E-state index contributed by atoms with van der Waals surface area (Å²) >= 11 is 1.01. The van der Waals surface area contributed by atoms with E-state index in [1.165, 1.54) is 12.3 Å². The van der Waals surface area contributed by atoms with E-state index >= 15 is 4.39 Å². The van der Waals surface area contributed by atoms with Gasteiger partial charge in [-0.05, 0) is 38.2 Å². The Morgan fingerprint density at radius 1 is 1.22 bits per heavy atom. The van der Waals surface area contributed by atoms with Gasteiger partial charge < -0.3 is 23.5 Å². The minimum Gasteiger partial charge on any atom is -0.496 e. The number of halogens is 1. The number of piperazine rings is 1. The first kappa shape index (κ1) is 28.3. The van der Waals surface area contributed by atoms with Gasteiger partial charge in [0.25, 0.3) is 17.0 Å². The standard InChI is InChI=1S/C28H30FN7O4S/c1-4-35-16-20(26(38)19-13-21(29)23(14-22(19)35)36-11-9-34(2)10-12-36)27-32-33-28(40-27)41-17-25(37)31-30-15-18-7-5-6-8-24(18)39-3/h5-8,13-16H,4,9-12,17H2,1-3H3,(H,31,37)/b30-15+. The highest BCUT2D eigenvalue weighted by molar-refractivity contribution is 7.99. The summed E-state index contributed by atoms with van der Waals surface area (Å²) in [6.07, 6.45) is 3.14. The Kier molecular flexibility index (Phi) is 8.64. The average Bonchev–Trinajstić information content (AvgIpc) is 3.46. The molecule has 11 nitrogen and oxygen atoms in total. The summed E-state index contributed by atoms with van der Waals surface area (Å²) in [6, 6.07) is 10.3. The Morgan fingerprint density at radius 3 is 2.76 bits per heavy atom. The van der Waals surface area contributed by atoms with Crippen molar-refractivity contribution in [2.75, 3.05) is 51.0 Å². The first-order chi connectivity index (χ1) is 19.9. The molecule has 0 bridgehead atoms. The zero-order chi connectivity index (χ0) is 28.9. The van der Waals surface area contributed by atoms with Crippen LogP contribution >= 0.6 is 11.8 Å². The molecule has 0 radical (unpaired) electrons. The van der Waals surface area contributed by atoms with Crippen molar-refractivity contribution in [1.82, 2.24) is 25.1 Å². The van der Waals surface area contributed by atoms with Crippen LogP contribution in [0, 0.1) is 5.82 Å². The van der Waals surface area contributed by atoms with E-state index in [9.17, 15) is 9.59 Å². The number of rotatable bonds is 9. The fourth-order valence-corrected chi connectivity index (χ4v) is 5.14. The van der Waals surface area contributed by atoms with Crippen LogP contribution in [0.25, 0.3) is 22.4 Å². The Morgan fingerprint density at radius 2 is 2.00 bits per heavy atom. The summed E-state index contributed by atoms with van der Waals surface area (Å²) in [5.74, 6) is -0.235. The molecule has 0 saturated carbocycles. The molecule has 1 aliphatic heterocycles. The maximum Gasteiger partial charge on any atom is 0.277 e. The van der Waals surface area contributed by atoms with Gasteiger partial charge in [0, 0.05) is 49.9 Å². The first-order valence-electron chi connectivity index (χ1n) is 13.1. The van der Waals surface area contributed by atoms with E-state index in [2.05, 4.69) is 25.6 Å². The molecular weight excluding hydrogens is 549 g/mol. The molecule has 1 saturated heterocycles. The lowest BCUT2D eigenvalue weighted by Gasteiger charge is -2.34. The Labute approximate surface area is 240 Å². The molecule has 41 heavy (non-hydrogen) atoms.